The molecule has 2 aromatic carbocycles. The molecule has 1 aliphatic carbocycles. The van der Waals surface area contributed by atoms with Gasteiger partial charge in [-0.3, -0.25) is 4.79 Å². The summed E-state index contributed by atoms with van der Waals surface area (Å²) in [5, 5.41) is 0. The van der Waals surface area contributed by atoms with Crippen molar-refractivity contribution in [2.45, 2.75) is 12.5 Å². The van der Waals surface area contributed by atoms with Crippen molar-refractivity contribution in [3.05, 3.63) is 48.0 Å². The lowest BCUT2D eigenvalue weighted by Crippen LogP contribution is -2.33. The number of carbonyl (C=O) groups excluding carboxylic acids is 1. The summed E-state index contributed by atoms with van der Waals surface area (Å²) in [6.07, 6.45) is 0.502. The number of benzene rings is 2. The van der Waals surface area contributed by atoms with Gasteiger partial charge < -0.3 is 10.5 Å². The van der Waals surface area contributed by atoms with E-state index < -0.39 is 6.04 Å². The molecular weight excluding hydrogens is 238 g/mol. The van der Waals surface area contributed by atoms with Gasteiger partial charge in [0.15, 0.2) is 0 Å². The second kappa shape index (κ2) is 4.52. The molecule has 96 valence electrons. The number of rotatable bonds is 3. The summed E-state index contributed by atoms with van der Waals surface area (Å²) in [5.41, 5.74) is 11.9. The molecule has 2 N–H and O–H groups in total. The fraction of sp³-hybridized carbons (Fsp3) is 0.188. The third kappa shape index (κ3) is 1.92. The molecule has 0 saturated carbocycles. The van der Waals surface area contributed by atoms with Crippen molar-refractivity contribution in [3.8, 4) is 22.3 Å². The highest BCUT2D eigenvalue weighted by Gasteiger charge is 2.22. The predicted molar refractivity (Wildman–Crippen MR) is 74.6 cm³/mol. The Balaban J connectivity index is 1.85. The maximum atomic E-state index is 11.3. The number of esters is 1. The maximum absolute atomic E-state index is 11.3. The second-order valence-electron chi connectivity index (χ2n) is 4.76. The minimum atomic E-state index is -0.599. The molecule has 0 bridgehead atoms. The van der Waals surface area contributed by atoms with Crippen molar-refractivity contribution in [1.82, 2.24) is 0 Å². The Morgan fingerprint density at radius 2 is 1.74 bits per heavy atom. The number of methoxy groups -OCH3 is 1. The van der Waals surface area contributed by atoms with Gasteiger partial charge in [-0.25, -0.2) is 0 Å². The van der Waals surface area contributed by atoms with Gasteiger partial charge in [-0.15, -0.1) is 0 Å². The number of ether oxygens (including phenoxy) is 1. The van der Waals surface area contributed by atoms with Crippen molar-refractivity contribution in [2.75, 3.05) is 7.11 Å². The molecule has 0 unspecified atom stereocenters. The van der Waals surface area contributed by atoms with Gasteiger partial charge in [0.05, 0.1) is 7.11 Å². The SMILES string of the molecule is COC(=O)[C@@H](N)Cc1ccc2c(c1)-c1ccccc1-2. The van der Waals surface area contributed by atoms with E-state index in [1.807, 2.05) is 18.2 Å². The lowest BCUT2D eigenvalue weighted by Gasteiger charge is -2.24. The van der Waals surface area contributed by atoms with Crippen LogP contribution in [0.5, 0.6) is 0 Å². The molecule has 19 heavy (non-hydrogen) atoms. The summed E-state index contributed by atoms with van der Waals surface area (Å²) < 4.78 is 4.64. The van der Waals surface area contributed by atoms with Gasteiger partial charge in [-0.05, 0) is 34.2 Å². The van der Waals surface area contributed by atoms with Crippen LogP contribution in [0.2, 0.25) is 0 Å². The van der Waals surface area contributed by atoms with E-state index in [-0.39, 0.29) is 5.97 Å². The third-order valence-electron chi connectivity index (χ3n) is 3.55. The van der Waals surface area contributed by atoms with Crippen molar-refractivity contribution in [3.63, 3.8) is 0 Å². The van der Waals surface area contributed by atoms with Crippen LogP contribution in [0.1, 0.15) is 5.56 Å². The molecule has 3 rings (SSSR count). The molecule has 0 spiro atoms. The molecular formula is C16H15NO2. The molecule has 0 amide bonds. The van der Waals surface area contributed by atoms with Crippen LogP contribution in [0.4, 0.5) is 0 Å². The topological polar surface area (TPSA) is 52.3 Å². The van der Waals surface area contributed by atoms with Crippen LogP contribution in [-0.2, 0) is 16.0 Å². The molecule has 0 aromatic heterocycles. The lowest BCUT2D eigenvalue weighted by atomic mass is 9.79. The maximum Gasteiger partial charge on any atom is 0.322 e. The summed E-state index contributed by atoms with van der Waals surface area (Å²) >= 11 is 0. The quantitative estimate of drug-likeness (QED) is 0.729. The first-order chi connectivity index (χ1) is 9.20. The van der Waals surface area contributed by atoms with Gasteiger partial charge in [-0.2, -0.15) is 0 Å². The summed E-state index contributed by atoms with van der Waals surface area (Å²) in [5.74, 6) is -0.372. The van der Waals surface area contributed by atoms with Crippen LogP contribution in [0, 0.1) is 0 Å². The second-order valence-corrected chi connectivity index (χ2v) is 4.76. The van der Waals surface area contributed by atoms with Gasteiger partial charge in [0.1, 0.15) is 6.04 Å². The minimum absolute atomic E-state index is 0.372. The average Bonchev–Trinajstić information content (AvgIpc) is 2.44. The summed E-state index contributed by atoms with van der Waals surface area (Å²) in [7, 11) is 1.36. The van der Waals surface area contributed by atoms with Crippen LogP contribution < -0.4 is 5.73 Å². The van der Waals surface area contributed by atoms with Gasteiger partial charge >= 0.3 is 5.97 Å². The third-order valence-corrected chi connectivity index (χ3v) is 3.55. The summed E-state index contributed by atoms with van der Waals surface area (Å²) in [6, 6.07) is 13.9. The molecule has 1 aliphatic rings. The van der Waals surface area contributed by atoms with E-state index in [1.54, 1.807) is 0 Å². The van der Waals surface area contributed by atoms with Crippen molar-refractivity contribution >= 4 is 5.97 Å². The van der Waals surface area contributed by atoms with Crippen LogP contribution >= 0.6 is 0 Å². The largest absolute Gasteiger partial charge is 0.468 e. The van der Waals surface area contributed by atoms with Crippen LogP contribution in [0.15, 0.2) is 42.5 Å². The Labute approximate surface area is 112 Å². The van der Waals surface area contributed by atoms with Gasteiger partial charge in [0.25, 0.3) is 0 Å². The number of fused-ring (bicyclic) bond motifs is 4. The van der Waals surface area contributed by atoms with E-state index in [9.17, 15) is 4.79 Å². The number of hydrogen-bond acceptors (Lipinski definition) is 3. The first kappa shape index (κ1) is 11.9. The fourth-order valence-electron chi connectivity index (χ4n) is 2.56. The van der Waals surface area contributed by atoms with E-state index in [0.29, 0.717) is 6.42 Å². The monoisotopic (exact) mass is 253 g/mol. The molecule has 1 atom stereocenters. The molecule has 2 aromatic rings. The van der Waals surface area contributed by atoms with Crippen LogP contribution in [-0.4, -0.2) is 19.1 Å². The summed E-state index contributed by atoms with van der Waals surface area (Å²) in [4.78, 5) is 11.3. The average molecular weight is 253 g/mol. The molecule has 0 saturated heterocycles. The number of hydrogen-bond donors (Lipinski definition) is 1. The van der Waals surface area contributed by atoms with Crippen molar-refractivity contribution in [2.24, 2.45) is 5.73 Å². The first-order valence-electron chi connectivity index (χ1n) is 6.27. The molecule has 0 fully saturated rings. The Morgan fingerprint density at radius 3 is 2.42 bits per heavy atom. The van der Waals surface area contributed by atoms with E-state index in [2.05, 4.69) is 29.0 Å². The standard InChI is InChI=1S/C16H15NO2/c1-19-16(18)15(17)9-10-6-7-13-11-4-2-3-5-12(11)14(13)8-10/h2-8,15H,9,17H2,1H3/t15-/m0/s1. The highest BCUT2D eigenvalue weighted by molar-refractivity contribution is 6.02. The molecule has 0 aliphatic heterocycles. The van der Waals surface area contributed by atoms with E-state index in [4.69, 9.17) is 5.73 Å². The van der Waals surface area contributed by atoms with E-state index in [1.165, 1.54) is 29.4 Å². The Morgan fingerprint density at radius 1 is 1.11 bits per heavy atom. The van der Waals surface area contributed by atoms with Crippen LogP contribution in [0.3, 0.4) is 0 Å². The zero-order valence-corrected chi connectivity index (χ0v) is 10.7. The van der Waals surface area contributed by atoms with E-state index in [0.717, 1.165) is 5.56 Å². The molecule has 0 radical (unpaired) electrons. The highest BCUT2D eigenvalue weighted by Crippen LogP contribution is 2.46. The van der Waals surface area contributed by atoms with E-state index >= 15 is 0 Å². The van der Waals surface area contributed by atoms with Crippen molar-refractivity contribution in [1.29, 1.82) is 0 Å². The van der Waals surface area contributed by atoms with Gasteiger partial charge in [0, 0.05) is 0 Å². The molecule has 3 heteroatoms. The number of nitrogens with two attached hydrogens (primary N) is 1. The smallest absolute Gasteiger partial charge is 0.322 e. The molecule has 0 heterocycles. The number of carbonyl (C=O) groups is 1. The summed E-state index contributed by atoms with van der Waals surface area (Å²) in [6.45, 7) is 0. The van der Waals surface area contributed by atoms with Gasteiger partial charge in [0.2, 0.25) is 0 Å². The predicted octanol–water partition coefficient (Wildman–Crippen LogP) is 2.38. The van der Waals surface area contributed by atoms with Crippen molar-refractivity contribution < 1.29 is 9.53 Å². The highest BCUT2D eigenvalue weighted by atomic mass is 16.5. The zero-order chi connectivity index (χ0) is 13.4. The minimum Gasteiger partial charge on any atom is -0.468 e. The normalized spacial score (nSPS) is 12.9. The zero-order valence-electron chi connectivity index (χ0n) is 10.7. The fourth-order valence-corrected chi connectivity index (χ4v) is 2.56. The Hall–Kier alpha value is -2.13. The van der Waals surface area contributed by atoms with Crippen LogP contribution in [0.25, 0.3) is 22.3 Å². The molecule has 3 nitrogen and oxygen atoms in total. The van der Waals surface area contributed by atoms with Gasteiger partial charge in [-0.1, -0.05) is 42.5 Å². The Bertz CT molecular complexity index is 649. The first-order valence-corrected chi connectivity index (χ1v) is 6.27. The Kier molecular flexibility index (Phi) is 2.84. The lowest BCUT2D eigenvalue weighted by molar-refractivity contribution is -0.142.